The number of nitrogens with one attached hydrogen (secondary N) is 2. The zero-order valence-electron chi connectivity index (χ0n) is 17.3. The van der Waals surface area contributed by atoms with Crippen LogP contribution in [0.25, 0.3) is 10.9 Å². The van der Waals surface area contributed by atoms with Gasteiger partial charge in [0.25, 0.3) is 5.91 Å². The van der Waals surface area contributed by atoms with Crippen LogP contribution in [0.3, 0.4) is 0 Å². The molecule has 0 radical (unpaired) electrons. The van der Waals surface area contributed by atoms with Crippen LogP contribution in [0.15, 0.2) is 79.1 Å². The van der Waals surface area contributed by atoms with Crippen molar-refractivity contribution in [3.63, 3.8) is 0 Å². The van der Waals surface area contributed by atoms with Crippen molar-refractivity contribution in [3.8, 4) is 0 Å². The van der Waals surface area contributed by atoms with Crippen LogP contribution < -0.4 is 10.6 Å². The molecule has 0 aliphatic rings. The number of nitrogens with zero attached hydrogens (tertiary/aromatic N) is 2. The van der Waals surface area contributed by atoms with Gasteiger partial charge in [0.2, 0.25) is 0 Å². The molecule has 5 nitrogen and oxygen atoms in total. The molecule has 0 bridgehead atoms. The van der Waals surface area contributed by atoms with Gasteiger partial charge in [-0.05, 0) is 59.5 Å². The van der Waals surface area contributed by atoms with E-state index in [2.05, 4.69) is 41.4 Å². The molecule has 2 heterocycles. The summed E-state index contributed by atoms with van der Waals surface area (Å²) in [5.74, 6) is 0.283. The fourth-order valence-corrected chi connectivity index (χ4v) is 3.28. The van der Waals surface area contributed by atoms with Gasteiger partial charge >= 0.3 is 0 Å². The second kappa shape index (κ2) is 7.95. The molecular weight excluding hydrogens is 372 g/mol. The summed E-state index contributed by atoms with van der Waals surface area (Å²) in [6.07, 6.45) is 3.43. The first-order chi connectivity index (χ1) is 14.4. The molecule has 4 rings (SSSR count). The number of amides is 1. The lowest BCUT2D eigenvalue weighted by atomic mass is 9.87. The first kappa shape index (κ1) is 19.6. The summed E-state index contributed by atoms with van der Waals surface area (Å²) < 4.78 is 0. The Morgan fingerprint density at radius 2 is 1.57 bits per heavy atom. The van der Waals surface area contributed by atoms with Crippen LogP contribution in [0.5, 0.6) is 0 Å². The van der Waals surface area contributed by atoms with E-state index in [1.165, 1.54) is 5.56 Å². The van der Waals surface area contributed by atoms with Crippen molar-refractivity contribution < 1.29 is 4.79 Å². The second-order valence-corrected chi connectivity index (χ2v) is 8.18. The Hall–Kier alpha value is -3.73. The van der Waals surface area contributed by atoms with Gasteiger partial charge in [-0.2, -0.15) is 0 Å². The van der Waals surface area contributed by atoms with E-state index in [0.29, 0.717) is 11.4 Å². The normalized spacial score (nSPS) is 11.3. The summed E-state index contributed by atoms with van der Waals surface area (Å²) >= 11 is 0. The van der Waals surface area contributed by atoms with Crippen LogP contribution in [-0.4, -0.2) is 15.9 Å². The zero-order valence-corrected chi connectivity index (χ0v) is 17.3. The summed E-state index contributed by atoms with van der Waals surface area (Å²) in [6, 6.07) is 21.2. The molecule has 0 saturated heterocycles. The third-order valence-corrected chi connectivity index (χ3v) is 4.96. The van der Waals surface area contributed by atoms with E-state index in [1.807, 2.05) is 54.6 Å². The monoisotopic (exact) mass is 396 g/mol. The zero-order chi connectivity index (χ0) is 21.1. The number of aromatic nitrogens is 2. The summed E-state index contributed by atoms with van der Waals surface area (Å²) in [7, 11) is 0. The SMILES string of the molecule is CC(C)(C)c1ccc(NC(=O)c2cccnc2Nc2cccc3ncccc23)cc1. The van der Waals surface area contributed by atoms with Crippen molar-refractivity contribution in [3.05, 3.63) is 90.3 Å². The molecule has 5 heteroatoms. The average molecular weight is 396 g/mol. The first-order valence-electron chi connectivity index (χ1n) is 9.89. The molecular formula is C25H24N4O. The average Bonchev–Trinajstić information content (AvgIpc) is 2.74. The number of carbonyl (C=O) groups is 1. The van der Waals surface area contributed by atoms with Gasteiger partial charge in [-0.25, -0.2) is 4.98 Å². The summed E-state index contributed by atoms with van der Waals surface area (Å²) in [5.41, 5.74) is 4.23. The number of rotatable bonds is 4. The highest BCUT2D eigenvalue weighted by atomic mass is 16.1. The van der Waals surface area contributed by atoms with Crippen molar-refractivity contribution in [1.82, 2.24) is 9.97 Å². The highest BCUT2D eigenvalue weighted by Gasteiger charge is 2.16. The van der Waals surface area contributed by atoms with Gasteiger partial charge < -0.3 is 10.6 Å². The standard InChI is InChI=1S/C25H24N4O/c1-25(2,3)17-11-13-18(14-12-17)28-24(30)20-8-6-16-27-23(20)29-22-10-4-9-21-19(22)7-5-15-26-21/h4-16H,1-3H3,(H,27,29)(H,28,30). The Labute approximate surface area is 176 Å². The van der Waals surface area contributed by atoms with Crippen molar-refractivity contribution >= 4 is 34.0 Å². The van der Waals surface area contributed by atoms with Gasteiger partial charge in [-0.1, -0.05) is 39.0 Å². The predicted octanol–water partition coefficient (Wildman–Crippen LogP) is 5.92. The Bertz CT molecular complexity index is 1190. The van der Waals surface area contributed by atoms with Crippen molar-refractivity contribution in [2.45, 2.75) is 26.2 Å². The fraction of sp³-hybridized carbons (Fsp3) is 0.160. The Morgan fingerprint density at radius 3 is 2.33 bits per heavy atom. The molecule has 0 saturated carbocycles. The van der Waals surface area contributed by atoms with Gasteiger partial charge in [0.05, 0.1) is 11.1 Å². The lowest BCUT2D eigenvalue weighted by molar-refractivity contribution is 0.102. The van der Waals surface area contributed by atoms with Gasteiger partial charge in [0.1, 0.15) is 5.82 Å². The Balaban J connectivity index is 1.59. The maximum atomic E-state index is 13.0. The highest BCUT2D eigenvalue weighted by Crippen LogP contribution is 2.27. The fourth-order valence-electron chi connectivity index (χ4n) is 3.28. The largest absolute Gasteiger partial charge is 0.339 e. The maximum absolute atomic E-state index is 13.0. The van der Waals surface area contributed by atoms with E-state index in [4.69, 9.17) is 0 Å². The van der Waals surface area contributed by atoms with Crippen LogP contribution in [0.2, 0.25) is 0 Å². The molecule has 0 spiro atoms. The number of hydrogen-bond acceptors (Lipinski definition) is 4. The molecule has 2 aromatic carbocycles. The van der Waals surface area contributed by atoms with Crippen LogP contribution >= 0.6 is 0 Å². The van der Waals surface area contributed by atoms with Gasteiger partial charge in [0.15, 0.2) is 0 Å². The molecule has 0 fully saturated rings. The molecule has 0 aliphatic heterocycles. The van der Waals surface area contributed by atoms with Crippen LogP contribution in [0, 0.1) is 0 Å². The Morgan fingerprint density at radius 1 is 0.833 bits per heavy atom. The predicted molar refractivity (Wildman–Crippen MR) is 122 cm³/mol. The second-order valence-electron chi connectivity index (χ2n) is 8.18. The van der Waals surface area contributed by atoms with E-state index in [-0.39, 0.29) is 11.3 Å². The van der Waals surface area contributed by atoms with E-state index in [9.17, 15) is 4.79 Å². The van der Waals surface area contributed by atoms with Crippen LogP contribution in [-0.2, 0) is 5.41 Å². The first-order valence-corrected chi connectivity index (χ1v) is 9.89. The van der Waals surface area contributed by atoms with Gasteiger partial charge in [-0.15, -0.1) is 0 Å². The van der Waals surface area contributed by atoms with Crippen molar-refractivity contribution in [2.24, 2.45) is 0 Å². The topological polar surface area (TPSA) is 66.9 Å². The van der Waals surface area contributed by atoms with Crippen LogP contribution in [0.1, 0.15) is 36.7 Å². The Kier molecular flexibility index (Phi) is 5.19. The molecule has 150 valence electrons. The molecule has 2 N–H and O–H groups in total. The quantitative estimate of drug-likeness (QED) is 0.449. The molecule has 1 amide bonds. The minimum atomic E-state index is -0.215. The van der Waals surface area contributed by atoms with E-state index < -0.39 is 0 Å². The van der Waals surface area contributed by atoms with Crippen LogP contribution in [0.4, 0.5) is 17.2 Å². The number of fused-ring (bicyclic) bond motifs is 1. The molecule has 30 heavy (non-hydrogen) atoms. The molecule has 0 aliphatic carbocycles. The molecule has 2 aromatic heterocycles. The number of anilines is 3. The minimum absolute atomic E-state index is 0.0658. The van der Waals surface area contributed by atoms with E-state index in [0.717, 1.165) is 22.3 Å². The number of benzene rings is 2. The number of carbonyl (C=O) groups excluding carboxylic acids is 1. The summed E-state index contributed by atoms with van der Waals surface area (Å²) in [4.78, 5) is 21.7. The number of pyridine rings is 2. The van der Waals surface area contributed by atoms with E-state index in [1.54, 1.807) is 24.5 Å². The summed E-state index contributed by atoms with van der Waals surface area (Å²) in [5, 5.41) is 7.24. The lowest BCUT2D eigenvalue weighted by Crippen LogP contribution is -2.15. The molecule has 0 unspecified atom stereocenters. The van der Waals surface area contributed by atoms with E-state index >= 15 is 0 Å². The van der Waals surface area contributed by atoms with Crippen molar-refractivity contribution in [1.29, 1.82) is 0 Å². The molecule has 0 atom stereocenters. The van der Waals surface area contributed by atoms with Gasteiger partial charge in [0, 0.05) is 29.2 Å². The highest BCUT2D eigenvalue weighted by molar-refractivity contribution is 6.08. The third-order valence-electron chi connectivity index (χ3n) is 4.96. The number of hydrogen-bond donors (Lipinski definition) is 2. The summed E-state index contributed by atoms with van der Waals surface area (Å²) in [6.45, 7) is 6.49. The smallest absolute Gasteiger partial charge is 0.259 e. The third kappa shape index (κ3) is 4.15. The van der Waals surface area contributed by atoms with Gasteiger partial charge in [-0.3, -0.25) is 9.78 Å². The minimum Gasteiger partial charge on any atom is -0.339 e. The van der Waals surface area contributed by atoms with Crippen molar-refractivity contribution in [2.75, 3.05) is 10.6 Å². The maximum Gasteiger partial charge on any atom is 0.259 e. The molecule has 4 aromatic rings. The lowest BCUT2D eigenvalue weighted by Gasteiger charge is -2.19.